The minimum Gasteiger partial charge on any atom is -0.391 e. The summed E-state index contributed by atoms with van der Waals surface area (Å²) in [5.74, 6) is -0.692. The number of hydrogen-bond acceptors (Lipinski definition) is 4. The van der Waals surface area contributed by atoms with E-state index in [-0.39, 0.29) is 23.5 Å². The Hall–Kier alpha value is -2.43. The zero-order valence-electron chi connectivity index (χ0n) is 16.5. The summed E-state index contributed by atoms with van der Waals surface area (Å²) >= 11 is 0. The van der Waals surface area contributed by atoms with Crippen molar-refractivity contribution in [2.75, 3.05) is 10.8 Å². The lowest BCUT2D eigenvalue weighted by molar-refractivity contribution is 0.141. The van der Waals surface area contributed by atoms with Crippen molar-refractivity contribution in [3.05, 3.63) is 59.4 Å². The number of rotatable bonds is 7. The van der Waals surface area contributed by atoms with Gasteiger partial charge in [0, 0.05) is 0 Å². The largest absolute Gasteiger partial charge is 0.391 e. The Kier molecular flexibility index (Phi) is 6.48. The van der Waals surface area contributed by atoms with E-state index in [2.05, 4.69) is 6.07 Å². The fourth-order valence-electron chi connectivity index (χ4n) is 2.98. The van der Waals surface area contributed by atoms with Crippen LogP contribution in [0.1, 0.15) is 31.4 Å². The van der Waals surface area contributed by atoms with Gasteiger partial charge in [0.05, 0.1) is 34.7 Å². The quantitative estimate of drug-likeness (QED) is 0.758. The Bertz CT molecular complexity index is 959. The average molecular weight is 405 g/mol. The molecule has 150 valence electrons. The molecule has 0 spiro atoms. The van der Waals surface area contributed by atoms with Gasteiger partial charge in [-0.1, -0.05) is 29.8 Å². The highest BCUT2D eigenvalue weighted by molar-refractivity contribution is 7.92. The first-order valence-electron chi connectivity index (χ1n) is 8.92. The van der Waals surface area contributed by atoms with Crippen molar-refractivity contribution in [3.63, 3.8) is 0 Å². The highest BCUT2D eigenvalue weighted by Gasteiger charge is 2.32. The highest BCUT2D eigenvalue weighted by Crippen LogP contribution is 2.31. The number of para-hydroxylation sites is 1. The Balaban J connectivity index is 2.54. The molecule has 0 aliphatic rings. The standard InChI is InChI=1S/C21H25FN2O3S/c1-15-8-10-18(11-9-15)28(26,27)24(13-17(25)12-21(3,4)14-23)20-16(2)6-5-7-19(20)22/h5-11,17,25H,12-13H2,1-4H3/t17-/m0/s1. The van der Waals surface area contributed by atoms with Gasteiger partial charge in [0.1, 0.15) is 5.82 Å². The van der Waals surface area contributed by atoms with Crippen LogP contribution in [0.2, 0.25) is 0 Å². The first kappa shape index (κ1) is 21.9. The van der Waals surface area contributed by atoms with Gasteiger partial charge in [-0.3, -0.25) is 4.31 Å². The number of anilines is 1. The van der Waals surface area contributed by atoms with E-state index in [0.29, 0.717) is 5.56 Å². The van der Waals surface area contributed by atoms with Crippen LogP contribution in [0.3, 0.4) is 0 Å². The van der Waals surface area contributed by atoms with E-state index in [1.807, 2.05) is 6.92 Å². The molecular weight excluding hydrogens is 379 g/mol. The van der Waals surface area contributed by atoms with Gasteiger partial charge in [0.2, 0.25) is 0 Å². The number of nitrogens with zero attached hydrogens (tertiary/aromatic N) is 2. The summed E-state index contributed by atoms with van der Waals surface area (Å²) in [7, 11) is -4.12. The summed E-state index contributed by atoms with van der Waals surface area (Å²) in [6.45, 7) is 6.40. The van der Waals surface area contributed by atoms with Crippen LogP contribution in [0, 0.1) is 36.4 Å². The maximum Gasteiger partial charge on any atom is 0.264 e. The lowest BCUT2D eigenvalue weighted by Gasteiger charge is -2.30. The molecule has 0 bridgehead atoms. The van der Waals surface area contributed by atoms with Crippen LogP contribution in [0.5, 0.6) is 0 Å². The number of benzene rings is 2. The monoisotopic (exact) mass is 404 g/mol. The SMILES string of the molecule is Cc1ccc(S(=O)(=O)N(C[C@@H](O)CC(C)(C)C#N)c2c(C)cccc2F)cc1. The Morgan fingerprint density at radius 1 is 1.18 bits per heavy atom. The van der Waals surface area contributed by atoms with E-state index >= 15 is 0 Å². The number of aliphatic hydroxyl groups is 1. The first-order valence-corrected chi connectivity index (χ1v) is 10.4. The van der Waals surface area contributed by atoms with Crippen molar-refractivity contribution in [2.45, 2.75) is 45.1 Å². The van der Waals surface area contributed by atoms with E-state index < -0.39 is 27.4 Å². The van der Waals surface area contributed by atoms with Crippen LogP contribution in [-0.2, 0) is 10.0 Å². The van der Waals surface area contributed by atoms with Gasteiger partial charge in [0.25, 0.3) is 10.0 Å². The van der Waals surface area contributed by atoms with E-state index in [1.165, 1.54) is 24.3 Å². The third-order valence-electron chi connectivity index (χ3n) is 4.47. The van der Waals surface area contributed by atoms with E-state index in [1.54, 1.807) is 39.0 Å². The van der Waals surface area contributed by atoms with Crippen LogP contribution in [-0.4, -0.2) is 26.2 Å². The molecule has 0 aromatic heterocycles. The number of aryl methyl sites for hydroxylation is 2. The Morgan fingerprint density at radius 3 is 2.32 bits per heavy atom. The molecule has 7 heteroatoms. The number of nitriles is 1. The van der Waals surface area contributed by atoms with Gasteiger partial charge in [0.15, 0.2) is 0 Å². The van der Waals surface area contributed by atoms with Crippen LogP contribution in [0.15, 0.2) is 47.4 Å². The normalized spacial score (nSPS) is 13.0. The van der Waals surface area contributed by atoms with Crippen molar-refractivity contribution in [3.8, 4) is 6.07 Å². The molecule has 0 saturated carbocycles. The zero-order chi connectivity index (χ0) is 21.1. The van der Waals surface area contributed by atoms with Gasteiger partial charge in [-0.15, -0.1) is 0 Å². The van der Waals surface area contributed by atoms with Gasteiger partial charge in [-0.2, -0.15) is 5.26 Å². The van der Waals surface area contributed by atoms with Gasteiger partial charge in [-0.25, -0.2) is 12.8 Å². The molecule has 0 fully saturated rings. The predicted molar refractivity (Wildman–Crippen MR) is 107 cm³/mol. The topological polar surface area (TPSA) is 81.4 Å². The lowest BCUT2D eigenvalue weighted by atomic mass is 9.88. The van der Waals surface area contributed by atoms with Gasteiger partial charge < -0.3 is 5.11 Å². The summed E-state index contributed by atoms with van der Waals surface area (Å²) in [6, 6.07) is 12.6. The van der Waals surface area contributed by atoms with Crippen LogP contribution in [0.25, 0.3) is 0 Å². The molecule has 0 aliphatic carbocycles. The van der Waals surface area contributed by atoms with Crippen LogP contribution < -0.4 is 4.31 Å². The first-order chi connectivity index (χ1) is 13.0. The third kappa shape index (κ3) is 4.89. The number of halogens is 1. The molecule has 28 heavy (non-hydrogen) atoms. The fraction of sp³-hybridized carbons (Fsp3) is 0.381. The molecule has 0 saturated heterocycles. The minimum atomic E-state index is -4.12. The second-order valence-electron chi connectivity index (χ2n) is 7.61. The van der Waals surface area contributed by atoms with Crippen molar-refractivity contribution in [1.29, 1.82) is 5.26 Å². The Labute approximate surface area is 166 Å². The lowest BCUT2D eigenvalue weighted by Crippen LogP contribution is -2.40. The fourth-order valence-corrected chi connectivity index (χ4v) is 4.55. The summed E-state index contributed by atoms with van der Waals surface area (Å²) in [4.78, 5) is 0.00694. The van der Waals surface area contributed by atoms with Crippen LogP contribution >= 0.6 is 0 Å². The number of hydrogen-bond donors (Lipinski definition) is 1. The van der Waals surface area contributed by atoms with Crippen molar-refractivity contribution in [1.82, 2.24) is 0 Å². The summed E-state index contributed by atoms with van der Waals surface area (Å²) in [6.07, 6.45) is -1.09. The zero-order valence-corrected chi connectivity index (χ0v) is 17.3. The molecule has 2 aromatic rings. The molecule has 5 nitrogen and oxygen atoms in total. The van der Waals surface area contributed by atoms with Crippen molar-refractivity contribution in [2.24, 2.45) is 5.41 Å². The molecule has 0 heterocycles. The van der Waals surface area contributed by atoms with Gasteiger partial charge in [-0.05, 0) is 57.9 Å². The van der Waals surface area contributed by atoms with E-state index in [0.717, 1.165) is 9.87 Å². The second-order valence-corrected chi connectivity index (χ2v) is 9.47. The third-order valence-corrected chi connectivity index (χ3v) is 6.25. The maximum atomic E-state index is 14.6. The predicted octanol–water partition coefficient (Wildman–Crippen LogP) is 3.94. The van der Waals surface area contributed by atoms with Crippen LogP contribution in [0.4, 0.5) is 10.1 Å². The molecular formula is C21H25FN2O3S. The number of sulfonamides is 1. The van der Waals surface area contributed by atoms with E-state index in [9.17, 15) is 23.2 Å². The second kappa shape index (κ2) is 8.29. The molecule has 0 amide bonds. The highest BCUT2D eigenvalue weighted by atomic mass is 32.2. The van der Waals surface area contributed by atoms with Crippen molar-refractivity contribution < 1.29 is 17.9 Å². The molecule has 1 atom stereocenters. The summed E-state index contributed by atoms with van der Waals surface area (Å²) in [5.41, 5.74) is 0.380. The smallest absolute Gasteiger partial charge is 0.264 e. The maximum absolute atomic E-state index is 14.6. The molecule has 1 N–H and O–H groups in total. The van der Waals surface area contributed by atoms with Gasteiger partial charge >= 0.3 is 0 Å². The van der Waals surface area contributed by atoms with E-state index in [4.69, 9.17) is 0 Å². The molecule has 0 aliphatic heterocycles. The Morgan fingerprint density at radius 2 is 1.79 bits per heavy atom. The molecule has 2 rings (SSSR count). The molecule has 0 radical (unpaired) electrons. The summed E-state index contributed by atoms with van der Waals surface area (Å²) in [5, 5.41) is 19.7. The molecule has 0 unspecified atom stereocenters. The van der Waals surface area contributed by atoms with Crippen molar-refractivity contribution >= 4 is 15.7 Å². The minimum absolute atomic E-state index is 0.00694. The summed E-state index contributed by atoms with van der Waals surface area (Å²) < 4.78 is 42.1. The number of aliphatic hydroxyl groups excluding tert-OH is 1. The molecule has 2 aromatic carbocycles. The average Bonchev–Trinajstić information content (AvgIpc) is 2.60.